The van der Waals surface area contributed by atoms with Crippen molar-refractivity contribution < 1.29 is 14.4 Å². The molecule has 0 unspecified atom stereocenters. The molecular formula is C22H27N5O3. The van der Waals surface area contributed by atoms with Gasteiger partial charge in [-0.05, 0) is 24.1 Å². The van der Waals surface area contributed by atoms with Crippen LogP contribution in [0.1, 0.15) is 22.3 Å². The second-order valence-corrected chi connectivity index (χ2v) is 7.20. The van der Waals surface area contributed by atoms with Gasteiger partial charge in [0.1, 0.15) is 0 Å². The van der Waals surface area contributed by atoms with Gasteiger partial charge in [-0.3, -0.25) is 24.3 Å². The number of nitrogens with one attached hydrogen (secondary N) is 2. The van der Waals surface area contributed by atoms with Gasteiger partial charge in [-0.25, -0.2) is 0 Å². The van der Waals surface area contributed by atoms with Crippen LogP contribution in [0.25, 0.3) is 0 Å². The van der Waals surface area contributed by atoms with Crippen LogP contribution in [0.15, 0.2) is 54.9 Å². The van der Waals surface area contributed by atoms with Crippen molar-refractivity contribution in [2.75, 3.05) is 39.3 Å². The number of rotatable bonds is 7. The number of amides is 3. The largest absolute Gasteiger partial charge is 0.351 e. The summed E-state index contributed by atoms with van der Waals surface area (Å²) >= 11 is 0. The predicted octanol–water partition coefficient (Wildman–Crippen LogP) is 0.662. The molecule has 30 heavy (non-hydrogen) atoms. The molecule has 158 valence electrons. The third-order valence-corrected chi connectivity index (χ3v) is 4.96. The van der Waals surface area contributed by atoms with Crippen molar-refractivity contribution in [3.63, 3.8) is 0 Å². The van der Waals surface area contributed by atoms with Gasteiger partial charge in [0, 0.05) is 45.1 Å². The molecule has 3 amide bonds. The smallest absolute Gasteiger partial charge is 0.253 e. The Kier molecular flexibility index (Phi) is 7.91. The van der Waals surface area contributed by atoms with Crippen LogP contribution < -0.4 is 10.6 Å². The van der Waals surface area contributed by atoms with Crippen LogP contribution in [0, 0.1) is 0 Å². The van der Waals surface area contributed by atoms with Crippen LogP contribution in [-0.2, 0) is 16.1 Å². The summed E-state index contributed by atoms with van der Waals surface area (Å²) in [6, 6.07) is 13.1. The van der Waals surface area contributed by atoms with Crippen molar-refractivity contribution in [2.24, 2.45) is 0 Å². The highest BCUT2D eigenvalue weighted by Gasteiger charge is 2.21. The zero-order chi connectivity index (χ0) is 21.2. The van der Waals surface area contributed by atoms with E-state index >= 15 is 0 Å². The van der Waals surface area contributed by atoms with E-state index in [1.54, 1.807) is 23.2 Å². The highest BCUT2D eigenvalue weighted by Crippen LogP contribution is 2.04. The zero-order valence-corrected chi connectivity index (χ0v) is 16.9. The number of benzene rings is 1. The summed E-state index contributed by atoms with van der Waals surface area (Å²) in [5.41, 5.74) is 1.49. The van der Waals surface area contributed by atoms with Gasteiger partial charge >= 0.3 is 0 Å². The number of carbonyl (C=O) groups excluding carboxylic acids is 3. The van der Waals surface area contributed by atoms with Gasteiger partial charge in [-0.1, -0.05) is 30.3 Å². The summed E-state index contributed by atoms with van der Waals surface area (Å²) in [6.45, 7) is 3.30. The molecule has 0 atom stereocenters. The zero-order valence-electron chi connectivity index (χ0n) is 16.9. The van der Waals surface area contributed by atoms with E-state index in [-0.39, 0.29) is 24.3 Å². The molecule has 0 aliphatic carbocycles. The Labute approximate surface area is 176 Å². The van der Waals surface area contributed by atoms with Crippen molar-refractivity contribution >= 4 is 17.7 Å². The van der Waals surface area contributed by atoms with Gasteiger partial charge in [0.25, 0.3) is 5.91 Å². The van der Waals surface area contributed by atoms with E-state index in [1.165, 1.54) is 6.20 Å². The molecule has 1 aliphatic rings. The lowest BCUT2D eigenvalue weighted by Crippen LogP contribution is -2.43. The number of hydrogen-bond acceptors (Lipinski definition) is 5. The second-order valence-electron chi connectivity index (χ2n) is 7.20. The lowest BCUT2D eigenvalue weighted by Gasteiger charge is -2.22. The molecule has 2 heterocycles. The molecule has 2 aromatic rings. The van der Waals surface area contributed by atoms with Crippen LogP contribution in [0.3, 0.4) is 0 Å². The minimum absolute atomic E-state index is 0.0256. The first-order chi connectivity index (χ1) is 14.6. The van der Waals surface area contributed by atoms with Crippen LogP contribution in [0.2, 0.25) is 0 Å². The third kappa shape index (κ3) is 6.66. The van der Waals surface area contributed by atoms with Gasteiger partial charge in [-0.15, -0.1) is 0 Å². The maximum absolute atomic E-state index is 12.5. The molecule has 8 nitrogen and oxygen atoms in total. The van der Waals surface area contributed by atoms with Crippen LogP contribution >= 0.6 is 0 Å². The molecule has 0 radical (unpaired) electrons. The summed E-state index contributed by atoms with van der Waals surface area (Å²) in [4.78, 5) is 44.5. The van der Waals surface area contributed by atoms with Crippen molar-refractivity contribution in [1.29, 1.82) is 0 Å². The second kappa shape index (κ2) is 11.1. The molecule has 1 fully saturated rings. The number of carbonyl (C=O) groups is 3. The lowest BCUT2D eigenvalue weighted by atomic mass is 10.2. The monoisotopic (exact) mass is 409 g/mol. The molecular weight excluding hydrogens is 382 g/mol. The van der Waals surface area contributed by atoms with E-state index in [4.69, 9.17) is 0 Å². The van der Waals surface area contributed by atoms with Gasteiger partial charge in [0.2, 0.25) is 11.8 Å². The normalized spacial score (nSPS) is 14.6. The van der Waals surface area contributed by atoms with E-state index in [0.717, 1.165) is 18.5 Å². The number of hydrogen-bond donors (Lipinski definition) is 2. The molecule has 1 aromatic carbocycles. The van der Waals surface area contributed by atoms with E-state index in [1.807, 2.05) is 30.3 Å². The first-order valence-electron chi connectivity index (χ1n) is 10.1. The summed E-state index contributed by atoms with van der Waals surface area (Å²) in [5, 5.41) is 5.58. The molecule has 0 spiro atoms. The molecule has 0 bridgehead atoms. The lowest BCUT2D eigenvalue weighted by molar-refractivity contribution is -0.129. The van der Waals surface area contributed by atoms with Crippen LogP contribution in [0.5, 0.6) is 0 Å². The molecule has 2 N–H and O–H groups in total. The minimum atomic E-state index is -0.317. The van der Waals surface area contributed by atoms with E-state index in [9.17, 15) is 14.4 Å². The fourth-order valence-electron chi connectivity index (χ4n) is 3.30. The molecule has 3 rings (SSSR count). The SMILES string of the molecule is O=C(CN1CCCN(C(=O)CNC(=O)c2cccnc2)CC1)NCc1ccccc1. The predicted molar refractivity (Wildman–Crippen MR) is 112 cm³/mol. The van der Waals surface area contributed by atoms with Crippen molar-refractivity contribution in [3.8, 4) is 0 Å². The highest BCUT2D eigenvalue weighted by atomic mass is 16.2. The van der Waals surface area contributed by atoms with Crippen molar-refractivity contribution in [1.82, 2.24) is 25.4 Å². The topological polar surface area (TPSA) is 94.6 Å². The number of nitrogens with zero attached hydrogens (tertiary/aromatic N) is 3. The Morgan fingerprint density at radius 2 is 1.77 bits per heavy atom. The average molecular weight is 409 g/mol. The Morgan fingerprint density at radius 3 is 2.53 bits per heavy atom. The van der Waals surface area contributed by atoms with Gasteiger partial charge < -0.3 is 15.5 Å². The van der Waals surface area contributed by atoms with E-state index in [2.05, 4.69) is 20.5 Å². The van der Waals surface area contributed by atoms with E-state index in [0.29, 0.717) is 38.3 Å². The fourth-order valence-corrected chi connectivity index (χ4v) is 3.30. The first kappa shape index (κ1) is 21.4. The summed E-state index contributed by atoms with van der Waals surface area (Å²) < 4.78 is 0. The van der Waals surface area contributed by atoms with Gasteiger partial charge in [0.05, 0.1) is 18.7 Å². The van der Waals surface area contributed by atoms with Crippen LogP contribution in [0.4, 0.5) is 0 Å². The van der Waals surface area contributed by atoms with Crippen molar-refractivity contribution in [2.45, 2.75) is 13.0 Å². The molecule has 1 saturated heterocycles. The quantitative estimate of drug-likeness (QED) is 0.701. The minimum Gasteiger partial charge on any atom is -0.351 e. The number of aromatic nitrogens is 1. The summed E-state index contributed by atoms with van der Waals surface area (Å²) in [7, 11) is 0. The standard InChI is InChI=1S/C22H27N5O3/c28-20(24-14-18-6-2-1-3-7-18)17-26-10-5-11-27(13-12-26)21(29)16-25-22(30)19-8-4-9-23-15-19/h1-4,6-9,15H,5,10-14,16-17H2,(H,24,28)(H,25,30). The average Bonchev–Trinajstić information content (AvgIpc) is 3.03. The Hall–Kier alpha value is -3.26. The first-order valence-corrected chi connectivity index (χ1v) is 10.1. The Bertz CT molecular complexity index is 844. The van der Waals surface area contributed by atoms with Crippen molar-refractivity contribution in [3.05, 3.63) is 66.0 Å². The van der Waals surface area contributed by atoms with E-state index < -0.39 is 0 Å². The maximum atomic E-state index is 12.5. The molecule has 8 heteroatoms. The Morgan fingerprint density at radius 1 is 0.933 bits per heavy atom. The Balaban J connectivity index is 1.39. The third-order valence-electron chi connectivity index (χ3n) is 4.96. The van der Waals surface area contributed by atoms with Crippen LogP contribution in [-0.4, -0.2) is 71.8 Å². The summed E-state index contributed by atoms with van der Waals surface area (Å²) in [6.07, 6.45) is 3.84. The number of pyridine rings is 1. The maximum Gasteiger partial charge on any atom is 0.253 e. The van der Waals surface area contributed by atoms with Gasteiger partial charge in [-0.2, -0.15) is 0 Å². The molecule has 0 saturated carbocycles. The fraction of sp³-hybridized carbons (Fsp3) is 0.364. The summed E-state index contributed by atoms with van der Waals surface area (Å²) in [5.74, 6) is -0.465. The molecule has 1 aromatic heterocycles. The van der Waals surface area contributed by atoms with Gasteiger partial charge in [0.15, 0.2) is 0 Å². The molecule has 1 aliphatic heterocycles. The highest BCUT2D eigenvalue weighted by molar-refractivity contribution is 5.96.